The average molecular weight is 454 g/mol. The van der Waals surface area contributed by atoms with Gasteiger partial charge in [0.15, 0.2) is 0 Å². The van der Waals surface area contributed by atoms with E-state index in [4.69, 9.17) is 10.2 Å². The van der Waals surface area contributed by atoms with Gasteiger partial charge in [-0.15, -0.1) is 10.2 Å². The first-order valence-electron chi connectivity index (χ1n) is 15.0. The lowest BCUT2D eigenvalue weighted by atomic mass is 9.69. The van der Waals surface area contributed by atoms with Gasteiger partial charge < -0.3 is 4.57 Å². The van der Waals surface area contributed by atoms with E-state index < -0.39 is 0 Å². The van der Waals surface area contributed by atoms with Gasteiger partial charge in [0.05, 0.1) is 0 Å². The molecule has 4 aliphatic carbocycles. The van der Waals surface area contributed by atoms with Crippen LogP contribution in [0.5, 0.6) is 0 Å². The minimum atomic E-state index is 0.449. The molecule has 4 fully saturated rings. The third-order valence-electron chi connectivity index (χ3n) is 10.5. The van der Waals surface area contributed by atoms with Crippen molar-refractivity contribution in [3.05, 3.63) is 11.6 Å². The Kier molecular flexibility index (Phi) is 7.52. The first-order chi connectivity index (χ1) is 16.0. The highest BCUT2D eigenvalue weighted by Gasteiger charge is 2.37. The van der Waals surface area contributed by atoms with E-state index in [1.54, 1.807) is 0 Å². The van der Waals surface area contributed by atoms with E-state index in [9.17, 15) is 0 Å². The summed E-state index contributed by atoms with van der Waals surface area (Å²) < 4.78 is 2.76. The Balaban J connectivity index is 1.31. The number of aromatic nitrogens is 3. The van der Waals surface area contributed by atoms with Gasteiger partial charge in [-0.1, -0.05) is 72.1 Å². The van der Waals surface area contributed by atoms with Crippen molar-refractivity contribution < 1.29 is 0 Å². The maximum Gasteiger partial charge on any atom is 0.136 e. The summed E-state index contributed by atoms with van der Waals surface area (Å²) in [7, 11) is 0. The van der Waals surface area contributed by atoms with Crippen LogP contribution < -0.4 is 0 Å². The van der Waals surface area contributed by atoms with Crippen LogP contribution in [0.3, 0.4) is 0 Å². The van der Waals surface area contributed by atoms with Crippen LogP contribution in [-0.4, -0.2) is 14.8 Å². The second-order valence-corrected chi connectivity index (χ2v) is 13.5. The highest BCUT2D eigenvalue weighted by atomic mass is 15.3. The van der Waals surface area contributed by atoms with Crippen LogP contribution in [0, 0.1) is 23.2 Å². The molecule has 3 heteroatoms. The molecule has 0 atom stereocenters. The largest absolute Gasteiger partial charge is 0.311 e. The monoisotopic (exact) mass is 453 g/mol. The molecular formula is C30H51N3. The van der Waals surface area contributed by atoms with Crippen LogP contribution in [0.4, 0.5) is 0 Å². The van der Waals surface area contributed by atoms with Gasteiger partial charge in [-0.2, -0.15) is 0 Å². The molecule has 186 valence electrons. The third-order valence-corrected chi connectivity index (χ3v) is 10.5. The lowest BCUT2D eigenvalue weighted by Gasteiger charge is -2.38. The van der Waals surface area contributed by atoms with Crippen molar-refractivity contribution in [2.45, 2.75) is 154 Å². The fourth-order valence-corrected chi connectivity index (χ4v) is 8.26. The molecule has 3 nitrogen and oxygen atoms in total. The summed E-state index contributed by atoms with van der Waals surface area (Å²) in [6.07, 6.45) is 25.4. The van der Waals surface area contributed by atoms with Crippen molar-refractivity contribution in [1.82, 2.24) is 14.8 Å². The molecule has 0 N–H and O–H groups in total. The molecule has 5 rings (SSSR count). The molecule has 1 aromatic rings. The quantitative estimate of drug-likeness (QED) is 0.455. The summed E-state index contributed by atoms with van der Waals surface area (Å²) in [6, 6.07) is 0.676. The van der Waals surface area contributed by atoms with E-state index in [0.717, 1.165) is 17.8 Å². The minimum absolute atomic E-state index is 0.449. The summed E-state index contributed by atoms with van der Waals surface area (Å²) in [6.45, 7) is 7.30. The van der Waals surface area contributed by atoms with Gasteiger partial charge in [0.25, 0.3) is 0 Å². The predicted octanol–water partition coefficient (Wildman–Crippen LogP) is 8.96. The number of hydrogen-bond acceptors (Lipinski definition) is 2. The zero-order chi connectivity index (χ0) is 22.8. The molecule has 0 unspecified atom stereocenters. The molecule has 0 amide bonds. The molecule has 0 aromatic carbocycles. The first-order valence-corrected chi connectivity index (χ1v) is 15.0. The van der Waals surface area contributed by atoms with Gasteiger partial charge in [-0.05, 0) is 87.4 Å². The topological polar surface area (TPSA) is 30.7 Å². The Morgan fingerprint density at radius 2 is 1.00 bits per heavy atom. The van der Waals surface area contributed by atoms with E-state index in [-0.39, 0.29) is 0 Å². The zero-order valence-electron chi connectivity index (χ0n) is 22.0. The number of nitrogens with zero attached hydrogens (tertiary/aromatic N) is 3. The lowest BCUT2D eigenvalue weighted by Crippen LogP contribution is -2.28. The van der Waals surface area contributed by atoms with Crippen molar-refractivity contribution in [2.75, 3.05) is 0 Å². The summed E-state index contributed by atoms with van der Waals surface area (Å²) in [5, 5.41) is 10.0. The fraction of sp³-hybridized carbons (Fsp3) is 0.933. The molecule has 4 aliphatic rings. The van der Waals surface area contributed by atoms with Gasteiger partial charge in [0.1, 0.15) is 11.6 Å². The fourth-order valence-electron chi connectivity index (χ4n) is 8.26. The van der Waals surface area contributed by atoms with Crippen LogP contribution in [0.25, 0.3) is 0 Å². The van der Waals surface area contributed by atoms with E-state index in [1.165, 1.54) is 127 Å². The van der Waals surface area contributed by atoms with Crippen LogP contribution in [-0.2, 0) is 0 Å². The van der Waals surface area contributed by atoms with Crippen LogP contribution in [0.1, 0.15) is 166 Å². The van der Waals surface area contributed by atoms with Crippen molar-refractivity contribution in [2.24, 2.45) is 23.2 Å². The van der Waals surface area contributed by atoms with E-state index in [0.29, 0.717) is 23.3 Å². The molecule has 0 saturated heterocycles. The van der Waals surface area contributed by atoms with Gasteiger partial charge >= 0.3 is 0 Å². The summed E-state index contributed by atoms with van der Waals surface area (Å²) in [5.74, 6) is 7.00. The first kappa shape index (κ1) is 23.9. The minimum Gasteiger partial charge on any atom is -0.311 e. The Labute approximate surface area is 203 Å². The van der Waals surface area contributed by atoms with Crippen molar-refractivity contribution in [3.8, 4) is 0 Å². The molecular weight excluding hydrogens is 402 g/mol. The molecule has 0 spiro atoms. The predicted molar refractivity (Wildman–Crippen MR) is 138 cm³/mol. The Hall–Kier alpha value is -0.860. The van der Waals surface area contributed by atoms with Crippen LogP contribution >= 0.6 is 0 Å². The normalized spacial score (nSPS) is 33.3. The van der Waals surface area contributed by atoms with Crippen molar-refractivity contribution >= 4 is 0 Å². The van der Waals surface area contributed by atoms with Crippen molar-refractivity contribution in [3.63, 3.8) is 0 Å². The lowest BCUT2D eigenvalue weighted by molar-refractivity contribution is 0.164. The van der Waals surface area contributed by atoms with E-state index in [2.05, 4.69) is 25.3 Å². The third kappa shape index (κ3) is 5.37. The molecule has 4 saturated carbocycles. The Morgan fingerprint density at radius 1 is 0.545 bits per heavy atom. The maximum absolute atomic E-state index is 5.01. The summed E-state index contributed by atoms with van der Waals surface area (Å²) in [4.78, 5) is 0. The van der Waals surface area contributed by atoms with E-state index in [1.807, 2.05) is 0 Å². The smallest absolute Gasteiger partial charge is 0.136 e. The molecule has 0 aliphatic heterocycles. The van der Waals surface area contributed by atoms with Crippen LogP contribution in [0.15, 0.2) is 0 Å². The second-order valence-electron chi connectivity index (χ2n) is 13.5. The molecule has 0 bridgehead atoms. The molecule has 1 heterocycles. The molecule has 1 aromatic heterocycles. The summed E-state index contributed by atoms with van der Waals surface area (Å²) in [5.41, 5.74) is 0.449. The SMILES string of the molecule is CC(C)(C)C1CCC(c2nnc(C3CCC(C4CCCCC4)CC3)n2C2CCCCC2)CC1. The van der Waals surface area contributed by atoms with Gasteiger partial charge in [-0.3, -0.25) is 0 Å². The number of hydrogen-bond donors (Lipinski definition) is 0. The van der Waals surface area contributed by atoms with Crippen LogP contribution in [0.2, 0.25) is 0 Å². The number of rotatable bonds is 4. The summed E-state index contributed by atoms with van der Waals surface area (Å²) >= 11 is 0. The molecule has 33 heavy (non-hydrogen) atoms. The van der Waals surface area contributed by atoms with Gasteiger partial charge in [-0.25, -0.2) is 0 Å². The van der Waals surface area contributed by atoms with E-state index >= 15 is 0 Å². The highest BCUT2D eigenvalue weighted by Crippen LogP contribution is 2.47. The maximum atomic E-state index is 5.01. The standard InChI is InChI=1S/C30H51N3/c1-30(2,3)26-20-18-25(19-21-26)29-32-31-28(33(29)27-12-8-5-9-13-27)24-16-14-23(15-17-24)22-10-6-4-7-11-22/h22-27H,4-21H2,1-3H3. The van der Waals surface area contributed by atoms with Crippen molar-refractivity contribution in [1.29, 1.82) is 0 Å². The zero-order valence-corrected chi connectivity index (χ0v) is 22.0. The van der Waals surface area contributed by atoms with Gasteiger partial charge in [0.2, 0.25) is 0 Å². The molecule has 0 radical (unpaired) electrons. The highest BCUT2D eigenvalue weighted by molar-refractivity contribution is 5.11. The second kappa shape index (κ2) is 10.4. The average Bonchev–Trinajstić information content (AvgIpc) is 3.30. The Bertz CT molecular complexity index is 731. The Morgan fingerprint density at radius 3 is 1.52 bits per heavy atom. The van der Waals surface area contributed by atoms with Gasteiger partial charge in [0, 0.05) is 17.9 Å².